The topological polar surface area (TPSA) is 124 Å². The SMILES string of the molecule is Cn1nnnc1C(/C=C/C(O)CC(O)CC(=O)[O-])=C(c1ccc(F)cc1)c1ccc(F)cc1.[Na+]. The maximum Gasteiger partial charge on any atom is 1.00 e. The Bertz CT molecular complexity index is 1120. The number of rotatable bonds is 9. The predicted molar refractivity (Wildman–Crippen MR) is 113 cm³/mol. The number of aryl methyl sites for hydroxylation is 1. The maximum absolute atomic E-state index is 13.6. The minimum absolute atomic E-state index is 0. The summed E-state index contributed by atoms with van der Waals surface area (Å²) in [4.78, 5) is 10.6. The van der Waals surface area contributed by atoms with Crippen molar-refractivity contribution in [2.45, 2.75) is 25.0 Å². The molecule has 2 atom stereocenters. The fraction of sp³-hybridized carbons (Fsp3) is 0.217. The van der Waals surface area contributed by atoms with E-state index < -0.39 is 36.2 Å². The molecule has 8 nitrogen and oxygen atoms in total. The Labute approximate surface area is 216 Å². The number of carbonyl (C=O) groups excluding carboxylic acids is 1. The molecule has 0 spiro atoms. The van der Waals surface area contributed by atoms with Crippen LogP contribution >= 0.6 is 0 Å². The van der Waals surface area contributed by atoms with Crippen molar-refractivity contribution in [3.8, 4) is 0 Å². The van der Waals surface area contributed by atoms with Gasteiger partial charge in [0.2, 0.25) is 0 Å². The maximum atomic E-state index is 13.6. The number of carbonyl (C=O) groups is 1. The van der Waals surface area contributed by atoms with Gasteiger partial charge in [-0.25, -0.2) is 13.5 Å². The molecular weight excluding hydrogens is 457 g/mol. The number of tetrazole rings is 1. The molecule has 0 aliphatic heterocycles. The van der Waals surface area contributed by atoms with Crippen molar-refractivity contribution in [1.82, 2.24) is 20.2 Å². The summed E-state index contributed by atoms with van der Waals surface area (Å²) in [5.74, 6) is -2.00. The number of aromatic nitrogens is 4. The number of halogens is 2. The number of hydrogen-bond donors (Lipinski definition) is 2. The first-order chi connectivity index (χ1) is 15.7. The van der Waals surface area contributed by atoms with Crippen molar-refractivity contribution in [2.24, 2.45) is 7.05 Å². The summed E-state index contributed by atoms with van der Waals surface area (Å²) in [5, 5.41) is 42.2. The number of aliphatic hydroxyl groups excluding tert-OH is 2. The molecule has 2 N–H and O–H groups in total. The predicted octanol–water partition coefficient (Wildman–Crippen LogP) is -1.74. The van der Waals surface area contributed by atoms with Crippen molar-refractivity contribution < 1.29 is 58.5 Å². The molecule has 2 aromatic carbocycles. The molecule has 0 saturated heterocycles. The number of benzene rings is 2. The molecule has 0 amide bonds. The molecule has 0 saturated carbocycles. The Kier molecular flexibility index (Phi) is 10.2. The molecular formula is C23H21F2N4NaO4. The molecule has 1 aromatic heterocycles. The van der Waals surface area contributed by atoms with Crippen LogP contribution < -0.4 is 34.7 Å². The minimum Gasteiger partial charge on any atom is -0.550 e. The molecule has 0 radical (unpaired) electrons. The number of aliphatic hydroxyl groups is 2. The molecule has 3 rings (SSSR count). The standard InChI is InChI=1S/C23H22F2N4O4.Na/c1-29-23(26-27-28-29)20(11-10-18(30)12-19(31)13-21(32)33)22(14-2-6-16(24)7-3-14)15-4-8-17(25)9-5-15;/h2-11,18-19,30-31H,12-13H2,1H3,(H,32,33);/q;+1/p-1/b11-10+;. The summed E-state index contributed by atoms with van der Waals surface area (Å²) in [5.41, 5.74) is 2.12. The molecule has 0 bridgehead atoms. The summed E-state index contributed by atoms with van der Waals surface area (Å²) >= 11 is 0. The number of nitrogens with zero attached hydrogens (tertiary/aromatic N) is 4. The van der Waals surface area contributed by atoms with Crippen LogP contribution in [0.2, 0.25) is 0 Å². The number of carboxylic acid groups (broad SMARTS) is 1. The smallest absolute Gasteiger partial charge is 0.550 e. The van der Waals surface area contributed by atoms with E-state index in [0.717, 1.165) is 0 Å². The van der Waals surface area contributed by atoms with Gasteiger partial charge >= 0.3 is 29.6 Å². The third-order valence-electron chi connectivity index (χ3n) is 4.80. The quantitative estimate of drug-likeness (QED) is 0.276. The Balaban J connectivity index is 0.00000408. The van der Waals surface area contributed by atoms with E-state index in [0.29, 0.717) is 28.1 Å². The van der Waals surface area contributed by atoms with Crippen LogP contribution in [0.15, 0.2) is 60.7 Å². The largest absolute Gasteiger partial charge is 1.00 e. The van der Waals surface area contributed by atoms with Gasteiger partial charge in [0, 0.05) is 31.4 Å². The van der Waals surface area contributed by atoms with Gasteiger partial charge in [-0.1, -0.05) is 36.4 Å². The van der Waals surface area contributed by atoms with Crippen LogP contribution in [-0.4, -0.2) is 48.6 Å². The zero-order valence-corrected chi connectivity index (χ0v) is 20.6. The number of allylic oxidation sites excluding steroid dienone is 2. The van der Waals surface area contributed by atoms with E-state index in [4.69, 9.17) is 0 Å². The average Bonchev–Trinajstić information content (AvgIpc) is 3.18. The molecule has 0 aliphatic rings. The van der Waals surface area contributed by atoms with Gasteiger partial charge in [0.15, 0.2) is 5.82 Å². The molecule has 1 heterocycles. The summed E-state index contributed by atoms with van der Waals surface area (Å²) < 4.78 is 28.6. The number of carboxylic acids is 1. The first kappa shape index (κ1) is 27.5. The molecule has 11 heteroatoms. The van der Waals surface area contributed by atoms with Crippen molar-refractivity contribution in [2.75, 3.05) is 0 Å². The Morgan fingerprint density at radius 3 is 2.03 bits per heavy atom. The summed E-state index contributed by atoms with van der Waals surface area (Å²) in [6.07, 6.45) is -0.473. The molecule has 2 unspecified atom stereocenters. The van der Waals surface area contributed by atoms with Gasteiger partial charge in [0.1, 0.15) is 11.6 Å². The number of aliphatic carboxylic acids is 1. The fourth-order valence-corrected chi connectivity index (χ4v) is 3.28. The average molecular weight is 478 g/mol. The van der Waals surface area contributed by atoms with E-state index in [1.165, 1.54) is 41.1 Å². The molecule has 0 aliphatic carbocycles. The van der Waals surface area contributed by atoms with Crippen LogP contribution in [0.1, 0.15) is 29.8 Å². The minimum atomic E-state index is -1.43. The Hall–Kier alpha value is -2.76. The second kappa shape index (κ2) is 12.6. The van der Waals surface area contributed by atoms with Crippen LogP contribution in [0.5, 0.6) is 0 Å². The normalized spacial score (nSPS) is 12.7. The first-order valence-electron chi connectivity index (χ1n) is 9.97. The van der Waals surface area contributed by atoms with E-state index in [2.05, 4.69) is 15.5 Å². The fourth-order valence-electron chi connectivity index (χ4n) is 3.28. The van der Waals surface area contributed by atoms with Gasteiger partial charge in [0.05, 0.1) is 12.2 Å². The van der Waals surface area contributed by atoms with Gasteiger partial charge in [-0.05, 0) is 51.4 Å². The van der Waals surface area contributed by atoms with Gasteiger partial charge in [-0.2, -0.15) is 0 Å². The second-order valence-electron chi connectivity index (χ2n) is 7.32. The van der Waals surface area contributed by atoms with E-state index in [1.807, 2.05) is 0 Å². The summed E-state index contributed by atoms with van der Waals surface area (Å²) in [6.45, 7) is 0. The zero-order valence-electron chi connectivity index (χ0n) is 18.6. The third-order valence-corrected chi connectivity index (χ3v) is 4.80. The van der Waals surface area contributed by atoms with Crippen LogP contribution in [0.4, 0.5) is 8.78 Å². The van der Waals surface area contributed by atoms with E-state index in [1.54, 1.807) is 31.3 Å². The first-order valence-corrected chi connectivity index (χ1v) is 9.97. The Morgan fingerprint density at radius 1 is 1.06 bits per heavy atom. The van der Waals surface area contributed by atoms with Gasteiger partial charge in [0.25, 0.3) is 0 Å². The summed E-state index contributed by atoms with van der Waals surface area (Å²) in [6, 6.07) is 11.3. The van der Waals surface area contributed by atoms with Crippen molar-refractivity contribution in [1.29, 1.82) is 0 Å². The number of hydrogen-bond acceptors (Lipinski definition) is 7. The van der Waals surface area contributed by atoms with E-state index in [-0.39, 0.29) is 36.0 Å². The van der Waals surface area contributed by atoms with Gasteiger partial charge in [-0.15, -0.1) is 5.10 Å². The van der Waals surface area contributed by atoms with Crippen molar-refractivity contribution >= 4 is 17.1 Å². The summed E-state index contributed by atoms with van der Waals surface area (Å²) in [7, 11) is 1.61. The van der Waals surface area contributed by atoms with Crippen LogP contribution in [0.3, 0.4) is 0 Å². The molecule has 3 aromatic rings. The third kappa shape index (κ3) is 7.37. The molecule has 34 heavy (non-hydrogen) atoms. The monoisotopic (exact) mass is 478 g/mol. The van der Waals surface area contributed by atoms with Crippen molar-refractivity contribution in [3.05, 3.63) is 89.3 Å². The van der Waals surface area contributed by atoms with Crippen LogP contribution in [0, 0.1) is 11.6 Å². The molecule has 172 valence electrons. The zero-order chi connectivity index (χ0) is 24.0. The van der Waals surface area contributed by atoms with Gasteiger partial charge < -0.3 is 20.1 Å². The molecule has 0 fully saturated rings. The van der Waals surface area contributed by atoms with Crippen LogP contribution in [0.25, 0.3) is 11.1 Å². The van der Waals surface area contributed by atoms with Crippen LogP contribution in [-0.2, 0) is 11.8 Å². The Morgan fingerprint density at radius 2 is 1.59 bits per heavy atom. The van der Waals surface area contributed by atoms with E-state index >= 15 is 0 Å². The second-order valence-corrected chi connectivity index (χ2v) is 7.32. The van der Waals surface area contributed by atoms with E-state index in [9.17, 15) is 28.9 Å². The van der Waals surface area contributed by atoms with Crippen molar-refractivity contribution in [3.63, 3.8) is 0 Å². The van der Waals surface area contributed by atoms with Gasteiger partial charge in [-0.3, -0.25) is 0 Å².